The molecule has 5 aromatic rings. The van der Waals surface area contributed by atoms with Crippen LogP contribution in [0, 0.1) is 5.92 Å². The van der Waals surface area contributed by atoms with Crippen molar-refractivity contribution < 1.29 is 0 Å². The summed E-state index contributed by atoms with van der Waals surface area (Å²) in [6.07, 6.45) is 7.22. The minimum absolute atomic E-state index is 0.0255. The average Bonchev–Trinajstić information content (AvgIpc) is 3.66. The summed E-state index contributed by atoms with van der Waals surface area (Å²) < 4.78 is 1.64. The van der Waals surface area contributed by atoms with Crippen molar-refractivity contribution in [3.05, 3.63) is 117 Å². The molecule has 4 atom stereocenters. The molecule has 2 aliphatic heterocycles. The molecule has 354 valence electrons. The Hall–Kier alpha value is -3.76. The molecule has 2 nitrogen and oxygen atoms in total. The molecule has 0 spiro atoms. The third-order valence-electron chi connectivity index (χ3n) is 18.0. The Bertz CT molecular complexity index is 2740. The molecule has 4 heteroatoms. The van der Waals surface area contributed by atoms with Crippen molar-refractivity contribution >= 4 is 51.0 Å². The maximum absolute atomic E-state index is 3.07. The van der Waals surface area contributed by atoms with Gasteiger partial charge in [-0.2, -0.15) is 11.3 Å². The standard InChI is InChI=1S/C63H83BN2S/c1-38-34-47-52-48(35-38)66(46-37-41(58(5,6)7)36-44(59(8,9)10)49(46)39-22-20-19-21-23-39)54-51-55(63(17,18)33-32-62(51,15)16)67-56(54)64(52)45-29-28-43-50(61(13,14)31-30-60(43,11)12)53(45)65(47)42-26-24-40(25-27-42)57(2,3)4/h19-29,36-38,47-48,52H,30-35H2,1-18H3. The monoisotopic (exact) mass is 911 g/mol. The molecule has 0 amide bonds. The highest BCUT2D eigenvalue weighted by Crippen LogP contribution is 2.62. The molecule has 0 bridgehead atoms. The third kappa shape index (κ3) is 7.36. The third-order valence-corrected chi connectivity index (χ3v) is 19.6. The predicted octanol–water partition coefficient (Wildman–Crippen LogP) is 16.5. The van der Waals surface area contributed by atoms with Crippen LogP contribution in [0.15, 0.2) is 78.9 Å². The van der Waals surface area contributed by atoms with Gasteiger partial charge in [-0.25, -0.2) is 0 Å². The largest absolute Gasteiger partial charge is 0.339 e. The first-order chi connectivity index (χ1) is 31.0. The Morgan fingerprint density at radius 3 is 1.73 bits per heavy atom. The number of hydrogen-bond acceptors (Lipinski definition) is 3. The predicted molar refractivity (Wildman–Crippen MR) is 295 cm³/mol. The van der Waals surface area contributed by atoms with Crippen molar-refractivity contribution in [1.29, 1.82) is 0 Å². The highest BCUT2D eigenvalue weighted by Gasteiger charge is 2.60. The number of anilines is 4. The highest BCUT2D eigenvalue weighted by molar-refractivity contribution is 7.27. The molecule has 5 aliphatic rings. The first-order valence-electron chi connectivity index (χ1n) is 26.3. The summed E-state index contributed by atoms with van der Waals surface area (Å²) in [6, 6.07) is 32.7. The second-order valence-electron chi connectivity index (χ2n) is 28.1. The smallest absolute Gasteiger partial charge is 0.235 e. The number of thiophene rings is 1. The molecule has 0 radical (unpaired) electrons. The fourth-order valence-electron chi connectivity index (χ4n) is 13.9. The van der Waals surface area contributed by atoms with E-state index < -0.39 is 0 Å². The van der Waals surface area contributed by atoms with Gasteiger partial charge in [-0.1, -0.05) is 185 Å². The van der Waals surface area contributed by atoms with Crippen molar-refractivity contribution in [2.24, 2.45) is 5.92 Å². The van der Waals surface area contributed by atoms with Crippen LogP contribution in [0.1, 0.15) is 201 Å². The van der Waals surface area contributed by atoms with Crippen molar-refractivity contribution in [2.45, 2.75) is 219 Å². The summed E-state index contributed by atoms with van der Waals surface area (Å²) >= 11 is 2.23. The van der Waals surface area contributed by atoms with Gasteiger partial charge >= 0.3 is 0 Å². The van der Waals surface area contributed by atoms with E-state index in [0.717, 1.165) is 0 Å². The van der Waals surface area contributed by atoms with Crippen LogP contribution in [0.25, 0.3) is 11.1 Å². The lowest BCUT2D eigenvalue weighted by Crippen LogP contribution is -2.69. The van der Waals surface area contributed by atoms with E-state index in [0.29, 0.717) is 30.5 Å². The fourth-order valence-corrected chi connectivity index (χ4v) is 15.7. The van der Waals surface area contributed by atoms with Crippen molar-refractivity contribution in [2.75, 3.05) is 9.80 Å². The highest BCUT2D eigenvalue weighted by atomic mass is 32.1. The van der Waals surface area contributed by atoms with Gasteiger partial charge in [0, 0.05) is 44.4 Å². The Kier molecular flexibility index (Phi) is 10.6. The minimum atomic E-state index is -0.0699. The van der Waals surface area contributed by atoms with Crippen molar-refractivity contribution in [1.82, 2.24) is 0 Å². The minimum Gasteiger partial charge on any atom is -0.339 e. The van der Waals surface area contributed by atoms with Gasteiger partial charge in [0.15, 0.2) is 0 Å². The lowest BCUT2D eigenvalue weighted by Gasteiger charge is -2.60. The first kappa shape index (κ1) is 46.9. The average molecular weight is 911 g/mol. The number of fused-ring (bicyclic) bond motifs is 8. The van der Waals surface area contributed by atoms with E-state index in [-0.39, 0.29) is 37.9 Å². The zero-order chi connectivity index (χ0) is 48.3. The van der Waals surface area contributed by atoms with E-state index in [4.69, 9.17) is 0 Å². The zero-order valence-corrected chi connectivity index (χ0v) is 45.8. The summed E-state index contributed by atoms with van der Waals surface area (Å²) in [6.45, 7) is 45.1. The lowest BCUT2D eigenvalue weighted by atomic mass is 9.28. The molecule has 3 aliphatic carbocycles. The summed E-state index contributed by atoms with van der Waals surface area (Å²) in [5.41, 5.74) is 19.7. The van der Waals surface area contributed by atoms with Crippen molar-refractivity contribution in [3.63, 3.8) is 0 Å². The van der Waals surface area contributed by atoms with Gasteiger partial charge in [-0.15, -0.1) is 0 Å². The van der Waals surface area contributed by atoms with Gasteiger partial charge in [0.1, 0.15) is 0 Å². The van der Waals surface area contributed by atoms with Gasteiger partial charge < -0.3 is 9.80 Å². The van der Waals surface area contributed by atoms with E-state index >= 15 is 0 Å². The number of rotatable bonds is 3. The van der Waals surface area contributed by atoms with Crippen LogP contribution in [0.4, 0.5) is 22.7 Å². The normalized spacial score (nSPS) is 24.6. The quantitative estimate of drug-likeness (QED) is 0.166. The van der Waals surface area contributed by atoms with E-state index in [2.05, 4.69) is 225 Å². The van der Waals surface area contributed by atoms with Crippen LogP contribution in [0.3, 0.4) is 0 Å². The molecule has 67 heavy (non-hydrogen) atoms. The SMILES string of the molecule is CC1CC2C3B(c4ccc5c(c4N2c2ccc(C(C)(C)C)cc2)C(C)(C)CCC5(C)C)c2sc4c(c2N(c2cc(C(C)(C)C)cc(C(C)(C)C)c2-c2ccccc2)C3C1)C(C)(C)CCC4(C)C. The molecule has 4 aromatic carbocycles. The molecule has 3 heterocycles. The van der Waals surface area contributed by atoms with Crippen LogP contribution in [0.2, 0.25) is 5.82 Å². The molecule has 1 fully saturated rings. The van der Waals surface area contributed by atoms with Gasteiger partial charge in [0.25, 0.3) is 0 Å². The first-order valence-corrected chi connectivity index (χ1v) is 27.1. The van der Waals surface area contributed by atoms with Crippen molar-refractivity contribution in [3.8, 4) is 11.1 Å². The Labute approximate surface area is 411 Å². The molecule has 4 unspecified atom stereocenters. The van der Waals surface area contributed by atoms with Gasteiger partial charge in [-0.05, 0) is 151 Å². The van der Waals surface area contributed by atoms with E-state index in [1.54, 1.807) is 43.2 Å². The van der Waals surface area contributed by atoms with Crippen LogP contribution in [-0.2, 0) is 37.9 Å². The maximum atomic E-state index is 3.07. The number of nitrogens with zero attached hydrogens (tertiary/aromatic N) is 2. The van der Waals surface area contributed by atoms with Crippen LogP contribution in [-0.4, -0.2) is 18.8 Å². The molecular formula is C63H83BN2S. The van der Waals surface area contributed by atoms with Gasteiger partial charge in [0.05, 0.1) is 5.69 Å². The second-order valence-corrected chi connectivity index (χ2v) is 29.1. The number of hydrogen-bond donors (Lipinski definition) is 0. The van der Waals surface area contributed by atoms with E-state index in [9.17, 15) is 0 Å². The summed E-state index contributed by atoms with van der Waals surface area (Å²) in [5.74, 6) is 0.937. The van der Waals surface area contributed by atoms with Crippen LogP contribution >= 0.6 is 11.3 Å². The maximum Gasteiger partial charge on any atom is 0.235 e. The van der Waals surface area contributed by atoms with E-state index in [1.165, 1.54) is 77.7 Å². The zero-order valence-electron chi connectivity index (χ0n) is 44.9. The summed E-state index contributed by atoms with van der Waals surface area (Å²) in [5, 5.41) is 0. The summed E-state index contributed by atoms with van der Waals surface area (Å²) in [7, 11) is 0. The van der Waals surface area contributed by atoms with Gasteiger partial charge in [0.2, 0.25) is 6.71 Å². The van der Waals surface area contributed by atoms with Gasteiger partial charge in [-0.3, -0.25) is 0 Å². The molecule has 10 rings (SSSR count). The molecule has 1 aromatic heterocycles. The molecule has 0 N–H and O–H groups in total. The topological polar surface area (TPSA) is 6.48 Å². The molecule has 1 saturated carbocycles. The Morgan fingerprint density at radius 1 is 0.567 bits per heavy atom. The Balaban J connectivity index is 1.37. The molecule has 0 saturated heterocycles. The van der Waals surface area contributed by atoms with Crippen LogP contribution < -0.4 is 20.0 Å². The van der Waals surface area contributed by atoms with Crippen LogP contribution in [0.5, 0.6) is 0 Å². The second kappa shape index (κ2) is 15.1. The Morgan fingerprint density at radius 2 is 1.13 bits per heavy atom. The fraction of sp³-hybridized carbons (Fsp3) is 0.556. The summed E-state index contributed by atoms with van der Waals surface area (Å²) in [4.78, 5) is 7.69. The van der Waals surface area contributed by atoms with E-state index in [1.807, 2.05) is 0 Å². The molecular weight excluding hydrogens is 828 g/mol. The lowest BCUT2D eigenvalue weighted by molar-refractivity contribution is 0.294. The number of benzene rings is 4.